The molecule has 0 amide bonds. The Hall–Kier alpha value is -1.29. The lowest BCUT2D eigenvalue weighted by Gasteiger charge is -2.09. The average Bonchev–Trinajstić information content (AvgIpc) is 2.46. The highest BCUT2D eigenvalue weighted by atomic mass is 35.5. The molecule has 1 heterocycles. The first kappa shape index (κ1) is 15.1. The SMILES string of the molecule is Clc1cccc(Cl)c1CNCCCOc1ccccn1. The first-order valence-corrected chi connectivity index (χ1v) is 7.20. The molecule has 0 aliphatic heterocycles. The number of aromatic nitrogens is 1. The second kappa shape index (κ2) is 8.10. The molecule has 3 nitrogen and oxygen atoms in total. The van der Waals surface area contributed by atoms with E-state index in [0.29, 0.717) is 29.1 Å². The topological polar surface area (TPSA) is 34.1 Å². The molecule has 0 bridgehead atoms. The minimum absolute atomic E-state index is 0.625. The van der Waals surface area contributed by atoms with E-state index < -0.39 is 0 Å². The van der Waals surface area contributed by atoms with Gasteiger partial charge in [-0.15, -0.1) is 0 Å². The van der Waals surface area contributed by atoms with Crippen LogP contribution in [0.2, 0.25) is 10.0 Å². The van der Waals surface area contributed by atoms with Gasteiger partial charge in [0.1, 0.15) is 0 Å². The average molecular weight is 311 g/mol. The van der Waals surface area contributed by atoms with Crippen molar-refractivity contribution in [3.8, 4) is 5.88 Å². The first-order chi connectivity index (χ1) is 9.77. The van der Waals surface area contributed by atoms with E-state index in [-0.39, 0.29) is 0 Å². The minimum Gasteiger partial charge on any atom is -0.478 e. The Balaban J connectivity index is 1.65. The number of hydrogen-bond donors (Lipinski definition) is 1. The van der Waals surface area contributed by atoms with Gasteiger partial charge in [0.05, 0.1) is 6.61 Å². The maximum Gasteiger partial charge on any atom is 0.213 e. The molecule has 0 unspecified atom stereocenters. The van der Waals surface area contributed by atoms with Crippen molar-refractivity contribution in [3.63, 3.8) is 0 Å². The monoisotopic (exact) mass is 310 g/mol. The third-order valence-corrected chi connectivity index (χ3v) is 3.46. The van der Waals surface area contributed by atoms with E-state index in [9.17, 15) is 0 Å². The van der Waals surface area contributed by atoms with Gasteiger partial charge in [0.2, 0.25) is 5.88 Å². The van der Waals surface area contributed by atoms with Gasteiger partial charge in [0, 0.05) is 34.4 Å². The molecule has 2 aromatic rings. The molecular weight excluding hydrogens is 295 g/mol. The van der Waals surface area contributed by atoms with E-state index in [1.54, 1.807) is 6.20 Å². The summed E-state index contributed by atoms with van der Waals surface area (Å²) in [6.45, 7) is 2.11. The van der Waals surface area contributed by atoms with Crippen LogP contribution in [0.15, 0.2) is 42.6 Å². The fraction of sp³-hybridized carbons (Fsp3) is 0.267. The van der Waals surface area contributed by atoms with Crippen LogP contribution in [-0.2, 0) is 6.54 Å². The number of benzene rings is 1. The zero-order valence-corrected chi connectivity index (χ0v) is 12.5. The van der Waals surface area contributed by atoms with Crippen molar-refractivity contribution in [3.05, 3.63) is 58.2 Å². The summed E-state index contributed by atoms with van der Waals surface area (Å²) in [5, 5.41) is 4.68. The molecule has 0 saturated heterocycles. The number of rotatable bonds is 7. The molecule has 1 aromatic carbocycles. The second-order valence-electron chi connectivity index (χ2n) is 4.25. The van der Waals surface area contributed by atoms with Gasteiger partial charge >= 0.3 is 0 Å². The molecule has 20 heavy (non-hydrogen) atoms. The molecule has 0 atom stereocenters. The number of hydrogen-bond acceptors (Lipinski definition) is 3. The lowest BCUT2D eigenvalue weighted by molar-refractivity contribution is 0.296. The third kappa shape index (κ3) is 4.67. The summed E-state index contributed by atoms with van der Waals surface area (Å²) in [6.07, 6.45) is 2.60. The highest BCUT2D eigenvalue weighted by molar-refractivity contribution is 6.35. The van der Waals surface area contributed by atoms with E-state index in [0.717, 1.165) is 18.5 Å². The van der Waals surface area contributed by atoms with Crippen molar-refractivity contribution in [2.45, 2.75) is 13.0 Å². The van der Waals surface area contributed by atoms with E-state index in [1.165, 1.54) is 0 Å². The van der Waals surface area contributed by atoms with Crippen molar-refractivity contribution in [2.75, 3.05) is 13.2 Å². The zero-order chi connectivity index (χ0) is 14.2. The van der Waals surface area contributed by atoms with Crippen molar-refractivity contribution < 1.29 is 4.74 Å². The first-order valence-electron chi connectivity index (χ1n) is 6.45. The Morgan fingerprint density at radius 2 is 1.85 bits per heavy atom. The smallest absolute Gasteiger partial charge is 0.213 e. The number of pyridine rings is 1. The molecule has 1 aromatic heterocycles. The Bertz CT molecular complexity index is 514. The Kier molecular flexibility index (Phi) is 6.12. The highest BCUT2D eigenvalue weighted by Crippen LogP contribution is 2.23. The van der Waals surface area contributed by atoms with Gasteiger partial charge in [0.25, 0.3) is 0 Å². The van der Waals surface area contributed by atoms with Gasteiger partial charge < -0.3 is 10.1 Å². The molecule has 1 N–H and O–H groups in total. The van der Waals surface area contributed by atoms with Crippen LogP contribution in [0.5, 0.6) is 5.88 Å². The van der Waals surface area contributed by atoms with Crippen LogP contribution in [0.1, 0.15) is 12.0 Å². The van der Waals surface area contributed by atoms with Gasteiger partial charge in [-0.25, -0.2) is 4.98 Å². The largest absolute Gasteiger partial charge is 0.478 e. The molecular formula is C15H16Cl2N2O. The number of nitrogens with one attached hydrogen (secondary N) is 1. The summed E-state index contributed by atoms with van der Waals surface area (Å²) in [4.78, 5) is 4.09. The van der Waals surface area contributed by atoms with Crippen molar-refractivity contribution in [2.24, 2.45) is 0 Å². The summed E-state index contributed by atoms with van der Waals surface area (Å²) in [6, 6.07) is 11.1. The predicted molar refractivity (Wildman–Crippen MR) is 82.5 cm³/mol. The Labute approximate surface area is 128 Å². The van der Waals surface area contributed by atoms with Crippen LogP contribution in [-0.4, -0.2) is 18.1 Å². The van der Waals surface area contributed by atoms with E-state index in [4.69, 9.17) is 27.9 Å². The maximum atomic E-state index is 6.09. The highest BCUT2D eigenvalue weighted by Gasteiger charge is 2.04. The molecule has 0 spiro atoms. The number of nitrogens with zero attached hydrogens (tertiary/aromatic N) is 1. The van der Waals surface area contributed by atoms with Crippen LogP contribution in [0, 0.1) is 0 Å². The lowest BCUT2D eigenvalue weighted by atomic mass is 10.2. The van der Waals surface area contributed by atoms with Crippen LogP contribution < -0.4 is 10.1 Å². The molecule has 0 saturated carbocycles. The molecule has 0 fully saturated rings. The number of ether oxygens (including phenoxy) is 1. The second-order valence-corrected chi connectivity index (χ2v) is 5.06. The quantitative estimate of drug-likeness (QED) is 0.786. The molecule has 5 heteroatoms. The minimum atomic E-state index is 0.625. The lowest BCUT2D eigenvalue weighted by Crippen LogP contribution is -2.17. The van der Waals surface area contributed by atoms with Crippen molar-refractivity contribution in [1.82, 2.24) is 10.3 Å². The van der Waals surface area contributed by atoms with Crippen LogP contribution in [0.4, 0.5) is 0 Å². The summed E-state index contributed by atoms with van der Waals surface area (Å²) in [7, 11) is 0. The Morgan fingerprint density at radius 1 is 1.05 bits per heavy atom. The van der Waals surface area contributed by atoms with Crippen molar-refractivity contribution >= 4 is 23.2 Å². The summed E-state index contributed by atoms with van der Waals surface area (Å²) < 4.78 is 5.50. The number of halogens is 2. The summed E-state index contributed by atoms with van der Waals surface area (Å²) >= 11 is 12.2. The van der Waals surface area contributed by atoms with E-state index in [2.05, 4.69) is 10.3 Å². The zero-order valence-electron chi connectivity index (χ0n) is 11.0. The van der Waals surface area contributed by atoms with E-state index >= 15 is 0 Å². The molecule has 0 aliphatic rings. The van der Waals surface area contributed by atoms with Crippen LogP contribution in [0.25, 0.3) is 0 Å². The Morgan fingerprint density at radius 3 is 2.55 bits per heavy atom. The maximum absolute atomic E-state index is 6.09. The summed E-state index contributed by atoms with van der Waals surface area (Å²) in [5.74, 6) is 0.654. The molecule has 106 valence electrons. The van der Waals surface area contributed by atoms with E-state index in [1.807, 2.05) is 36.4 Å². The summed E-state index contributed by atoms with van der Waals surface area (Å²) in [5.41, 5.74) is 0.932. The fourth-order valence-corrected chi connectivity index (χ4v) is 2.25. The predicted octanol–water partition coefficient (Wildman–Crippen LogP) is 3.95. The normalized spacial score (nSPS) is 10.5. The standard InChI is InChI=1S/C15H16Cl2N2O/c16-13-5-3-6-14(17)12(13)11-18-8-4-10-20-15-7-1-2-9-19-15/h1-3,5-7,9,18H,4,8,10-11H2. The molecule has 0 aliphatic carbocycles. The molecule has 2 rings (SSSR count). The van der Waals surface area contributed by atoms with Gasteiger partial charge in [0.15, 0.2) is 0 Å². The van der Waals surface area contributed by atoms with Crippen LogP contribution in [0.3, 0.4) is 0 Å². The van der Waals surface area contributed by atoms with Gasteiger partial charge in [-0.2, -0.15) is 0 Å². The van der Waals surface area contributed by atoms with Gasteiger partial charge in [-0.1, -0.05) is 35.3 Å². The van der Waals surface area contributed by atoms with Crippen LogP contribution >= 0.6 is 23.2 Å². The van der Waals surface area contributed by atoms with Gasteiger partial charge in [-0.05, 0) is 31.2 Å². The fourth-order valence-electron chi connectivity index (χ4n) is 1.72. The van der Waals surface area contributed by atoms with Gasteiger partial charge in [-0.3, -0.25) is 0 Å². The molecule has 0 radical (unpaired) electrons. The van der Waals surface area contributed by atoms with Crippen molar-refractivity contribution in [1.29, 1.82) is 0 Å². The third-order valence-electron chi connectivity index (χ3n) is 2.75.